The highest BCUT2D eigenvalue weighted by atomic mass is 32.1. The Morgan fingerprint density at radius 1 is 1.29 bits per heavy atom. The topological polar surface area (TPSA) is 87.7 Å². The molecule has 2 heterocycles. The van der Waals surface area contributed by atoms with Crippen molar-refractivity contribution >= 4 is 29.0 Å². The summed E-state index contributed by atoms with van der Waals surface area (Å²) in [6.45, 7) is 1.77. The summed E-state index contributed by atoms with van der Waals surface area (Å²) < 4.78 is 0. The maximum Gasteiger partial charge on any atom is 0.251 e. The van der Waals surface area contributed by atoms with E-state index in [0.29, 0.717) is 17.2 Å². The molecule has 0 aliphatic heterocycles. The predicted octanol–water partition coefficient (Wildman–Crippen LogP) is 2.85. The van der Waals surface area contributed by atoms with E-state index < -0.39 is 0 Å². The Hall–Kier alpha value is -3.06. The number of H-pyrrole nitrogens is 1. The molecular formula is C17H14N4O2S. The number of anilines is 1. The number of hydrogen-bond donors (Lipinski definition) is 2. The number of aromatic nitrogens is 3. The van der Waals surface area contributed by atoms with Crippen molar-refractivity contribution in [1.82, 2.24) is 15.0 Å². The molecule has 0 atom stereocenters. The van der Waals surface area contributed by atoms with Crippen molar-refractivity contribution < 1.29 is 4.79 Å². The molecule has 1 amide bonds. The Kier molecular flexibility index (Phi) is 4.62. The van der Waals surface area contributed by atoms with Crippen molar-refractivity contribution in [3.8, 4) is 11.4 Å². The zero-order valence-electron chi connectivity index (χ0n) is 12.8. The van der Waals surface area contributed by atoms with Gasteiger partial charge in [-0.3, -0.25) is 9.59 Å². The molecule has 0 fully saturated rings. The normalized spacial score (nSPS) is 10.9. The number of thiazole rings is 1. The highest BCUT2D eigenvalue weighted by Crippen LogP contribution is 2.17. The molecule has 6 nitrogen and oxygen atoms in total. The lowest BCUT2D eigenvalue weighted by atomic mass is 10.2. The van der Waals surface area contributed by atoms with Gasteiger partial charge in [-0.1, -0.05) is 0 Å². The lowest BCUT2D eigenvalue weighted by molar-refractivity contribution is -0.111. The summed E-state index contributed by atoms with van der Waals surface area (Å²) in [4.78, 5) is 34.4. The molecule has 0 saturated heterocycles. The molecule has 0 radical (unpaired) electrons. The van der Waals surface area contributed by atoms with Gasteiger partial charge >= 0.3 is 0 Å². The van der Waals surface area contributed by atoms with Gasteiger partial charge in [0.15, 0.2) is 0 Å². The molecule has 7 heteroatoms. The first-order valence-electron chi connectivity index (χ1n) is 7.16. The first-order chi connectivity index (χ1) is 11.6. The second-order valence-electron chi connectivity index (χ2n) is 5.05. The second kappa shape index (κ2) is 7.01. The quantitative estimate of drug-likeness (QED) is 0.716. The summed E-state index contributed by atoms with van der Waals surface area (Å²) in [5.74, 6) is 0.263. The van der Waals surface area contributed by atoms with Crippen LogP contribution in [-0.4, -0.2) is 20.9 Å². The molecule has 3 aromatic rings. The third kappa shape index (κ3) is 4.02. The molecule has 0 aliphatic rings. The van der Waals surface area contributed by atoms with Crippen LogP contribution in [-0.2, 0) is 4.79 Å². The van der Waals surface area contributed by atoms with E-state index >= 15 is 0 Å². The van der Waals surface area contributed by atoms with E-state index in [0.717, 1.165) is 11.3 Å². The summed E-state index contributed by atoms with van der Waals surface area (Å²) in [5, 5.41) is 4.62. The number of nitrogens with one attached hydrogen (secondary N) is 2. The minimum Gasteiger partial charge on any atom is -0.323 e. The Labute approximate surface area is 141 Å². The number of aryl methyl sites for hydroxylation is 1. The van der Waals surface area contributed by atoms with Crippen LogP contribution in [0.1, 0.15) is 11.4 Å². The van der Waals surface area contributed by atoms with Crippen molar-refractivity contribution in [2.45, 2.75) is 6.92 Å². The second-order valence-corrected chi connectivity index (χ2v) is 5.77. The Morgan fingerprint density at radius 2 is 2.08 bits per heavy atom. The summed E-state index contributed by atoms with van der Waals surface area (Å²) in [7, 11) is 0. The van der Waals surface area contributed by atoms with Crippen LogP contribution in [0.15, 0.2) is 52.1 Å². The van der Waals surface area contributed by atoms with E-state index in [4.69, 9.17) is 0 Å². The van der Waals surface area contributed by atoms with Crippen molar-refractivity contribution in [2.75, 3.05) is 5.32 Å². The van der Waals surface area contributed by atoms with E-state index in [2.05, 4.69) is 20.3 Å². The molecule has 1 aromatic carbocycles. The summed E-state index contributed by atoms with van der Waals surface area (Å²) in [6.07, 6.45) is 3.09. The molecule has 2 aromatic heterocycles. The molecular weight excluding hydrogens is 324 g/mol. The van der Waals surface area contributed by atoms with Crippen molar-refractivity contribution in [2.24, 2.45) is 0 Å². The van der Waals surface area contributed by atoms with E-state index in [1.807, 2.05) is 5.38 Å². The fourth-order valence-electron chi connectivity index (χ4n) is 2.08. The van der Waals surface area contributed by atoms with Crippen LogP contribution in [0.3, 0.4) is 0 Å². The highest BCUT2D eigenvalue weighted by Gasteiger charge is 2.03. The van der Waals surface area contributed by atoms with Crippen molar-refractivity contribution in [3.63, 3.8) is 0 Å². The molecule has 0 aliphatic carbocycles. The standard InChI is InChI=1S/C17H14N4O2S/c1-11-8-16(23)21-17(19-11)12-2-4-13(5-3-12)20-15(22)7-6-14-9-24-10-18-14/h2-10H,1H3,(H,20,22)(H,19,21,23)/b7-6-. The van der Waals surface area contributed by atoms with Gasteiger partial charge in [0.2, 0.25) is 5.91 Å². The molecule has 0 unspecified atom stereocenters. The number of aromatic amines is 1. The lowest BCUT2D eigenvalue weighted by Gasteiger charge is -2.05. The molecule has 0 spiro atoms. The maximum atomic E-state index is 11.9. The van der Waals surface area contributed by atoms with Crippen LogP contribution < -0.4 is 10.9 Å². The monoisotopic (exact) mass is 338 g/mol. The van der Waals surface area contributed by atoms with Crippen molar-refractivity contribution in [3.05, 3.63) is 69.0 Å². The first kappa shape index (κ1) is 15.8. The number of hydrogen-bond acceptors (Lipinski definition) is 5. The number of carbonyl (C=O) groups is 1. The van der Waals surface area contributed by atoms with Gasteiger partial charge in [0.05, 0.1) is 11.2 Å². The zero-order valence-corrected chi connectivity index (χ0v) is 13.6. The van der Waals surface area contributed by atoms with E-state index in [1.54, 1.807) is 42.8 Å². The highest BCUT2D eigenvalue weighted by molar-refractivity contribution is 7.07. The van der Waals surface area contributed by atoms with Crippen LogP contribution in [0.2, 0.25) is 0 Å². The van der Waals surface area contributed by atoms with Gasteiger partial charge in [-0.05, 0) is 37.3 Å². The molecule has 0 saturated carbocycles. The van der Waals surface area contributed by atoms with Crippen molar-refractivity contribution in [1.29, 1.82) is 0 Å². The van der Waals surface area contributed by atoms with Gasteiger partial charge in [-0.15, -0.1) is 11.3 Å². The number of rotatable bonds is 4. The van der Waals surface area contributed by atoms with Gasteiger partial charge in [0, 0.05) is 34.5 Å². The fourth-order valence-corrected chi connectivity index (χ4v) is 2.60. The summed E-state index contributed by atoms with van der Waals surface area (Å²) in [6, 6.07) is 8.53. The maximum absolute atomic E-state index is 11.9. The van der Waals surface area contributed by atoms with Crippen LogP contribution in [0, 0.1) is 6.92 Å². The SMILES string of the molecule is Cc1cc(=O)[nH]c(-c2ccc(NC(=O)/C=C\c3cscn3)cc2)n1. The smallest absolute Gasteiger partial charge is 0.251 e. The van der Waals surface area contributed by atoms with Crippen LogP contribution in [0.25, 0.3) is 17.5 Å². The van der Waals surface area contributed by atoms with Gasteiger partial charge in [0.25, 0.3) is 5.56 Å². The number of carbonyl (C=O) groups excluding carboxylic acids is 1. The van der Waals surface area contributed by atoms with Crippen LogP contribution >= 0.6 is 11.3 Å². The first-order valence-corrected chi connectivity index (χ1v) is 8.10. The van der Waals surface area contributed by atoms with Crippen LogP contribution in [0.4, 0.5) is 5.69 Å². The molecule has 0 bridgehead atoms. The Morgan fingerprint density at radius 3 is 2.75 bits per heavy atom. The molecule has 24 heavy (non-hydrogen) atoms. The number of nitrogens with zero attached hydrogens (tertiary/aromatic N) is 2. The average molecular weight is 338 g/mol. The van der Waals surface area contributed by atoms with E-state index in [9.17, 15) is 9.59 Å². The minimum atomic E-state index is -0.238. The zero-order chi connectivity index (χ0) is 16.9. The number of benzene rings is 1. The molecule has 120 valence electrons. The summed E-state index contributed by atoms with van der Waals surface area (Å²) in [5.41, 5.74) is 4.34. The summed E-state index contributed by atoms with van der Waals surface area (Å²) >= 11 is 1.47. The average Bonchev–Trinajstić information content (AvgIpc) is 3.06. The molecule has 2 N–H and O–H groups in total. The largest absolute Gasteiger partial charge is 0.323 e. The fraction of sp³-hybridized carbons (Fsp3) is 0.0588. The van der Waals surface area contributed by atoms with Gasteiger partial charge in [-0.2, -0.15) is 0 Å². The Balaban J connectivity index is 1.70. The predicted molar refractivity (Wildman–Crippen MR) is 94.8 cm³/mol. The van der Waals surface area contributed by atoms with E-state index in [1.165, 1.54) is 23.5 Å². The third-order valence-electron chi connectivity index (χ3n) is 3.15. The van der Waals surface area contributed by atoms with Crippen LogP contribution in [0.5, 0.6) is 0 Å². The Bertz CT molecular complexity index is 928. The molecule has 3 rings (SSSR count). The van der Waals surface area contributed by atoms with E-state index in [-0.39, 0.29) is 11.5 Å². The van der Waals surface area contributed by atoms with Gasteiger partial charge in [-0.25, -0.2) is 9.97 Å². The third-order valence-corrected chi connectivity index (χ3v) is 3.76. The lowest BCUT2D eigenvalue weighted by Crippen LogP contribution is -2.09. The number of amides is 1. The van der Waals surface area contributed by atoms with Gasteiger partial charge in [0.1, 0.15) is 5.82 Å². The minimum absolute atomic E-state index is 0.193. The van der Waals surface area contributed by atoms with Gasteiger partial charge < -0.3 is 10.3 Å².